The van der Waals surface area contributed by atoms with Gasteiger partial charge in [-0.2, -0.15) is 0 Å². The van der Waals surface area contributed by atoms with Crippen molar-refractivity contribution < 1.29 is 19.1 Å². The number of rotatable bonds is 8. The van der Waals surface area contributed by atoms with Gasteiger partial charge in [0.2, 0.25) is 0 Å². The highest BCUT2D eigenvalue weighted by Gasteiger charge is 2.07. The normalized spacial score (nSPS) is 9.85. The second-order valence-electron chi connectivity index (χ2n) is 4.22. The molecule has 1 aromatic rings. The number of ether oxygens (including phenoxy) is 2. The zero-order valence-corrected chi connectivity index (χ0v) is 11.6. The van der Waals surface area contributed by atoms with Gasteiger partial charge in [0.25, 0.3) is 5.91 Å². The number of nitrogen functional groups attached to an aromatic ring is 1. The van der Waals surface area contributed by atoms with Gasteiger partial charge in [-0.05, 0) is 30.7 Å². The molecule has 1 amide bonds. The van der Waals surface area contributed by atoms with E-state index in [1.54, 1.807) is 24.3 Å². The number of hydrogen-bond donors (Lipinski definition) is 2. The second-order valence-corrected chi connectivity index (χ2v) is 4.22. The summed E-state index contributed by atoms with van der Waals surface area (Å²) in [6.45, 7) is 2.09. The standard InChI is InChI=1S/C14H20N2O4/c1-2-3-8-16-13(17)9-20-14(18)10-19-12-6-4-11(15)5-7-12/h4-7H,2-3,8-10,15H2,1H3,(H,16,17). The molecule has 0 fully saturated rings. The van der Waals surface area contributed by atoms with Crippen molar-refractivity contribution in [1.29, 1.82) is 0 Å². The average molecular weight is 280 g/mol. The number of benzene rings is 1. The molecule has 0 aliphatic rings. The predicted molar refractivity (Wildman–Crippen MR) is 75.2 cm³/mol. The van der Waals surface area contributed by atoms with E-state index in [4.69, 9.17) is 15.2 Å². The predicted octanol–water partition coefficient (Wildman–Crippen LogP) is 1.11. The number of carbonyl (C=O) groups excluding carboxylic acids is 2. The maximum absolute atomic E-state index is 11.4. The molecule has 0 unspecified atom stereocenters. The first-order chi connectivity index (χ1) is 9.61. The Balaban J connectivity index is 2.17. The third-order valence-electron chi connectivity index (χ3n) is 2.45. The van der Waals surface area contributed by atoms with Crippen molar-refractivity contribution >= 4 is 17.6 Å². The molecule has 0 saturated carbocycles. The summed E-state index contributed by atoms with van der Waals surface area (Å²) >= 11 is 0. The third kappa shape index (κ3) is 6.63. The molecule has 0 saturated heterocycles. The van der Waals surface area contributed by atoms with Crippen LogP contribution < -0.4 is 15.8 Å². The summed E-state index contributed by atoms with van der Waals surface area (Å²) in [5.41, 5.74) is 6.14. The lowest BCUT2D eigenvalue weighted by molar-refractivity contribution is -0.150. The molecule has 1 aromatic carbocycles. The molecule has 0 aromatic heterocycles. The number of anilines is 1. The van der Waals surface area contributed by atoms with Crippen LogP contribution in [-0.2, 0) is 14.3 Å². The van der Waals surface area contributed by atoms with E-state index in [9.17, 15) is 9.59 Å². The molecule has 0 atom stereocenters. The highest BCUT2D eigenvalue weighted by Crippen LogP contribution is 2.12. The second kappa shape index (κ2) is 8.79. The van der Waals surface area contributed by atoms with Crippen LogP contribution in [0.5, 0.6) is 5.75 Å². The number of amides is 1. The van der Waals surface area contributed by atoms with Gasteiger partial charge < -0.3 is 20.5 Å². The van der Waals surface area contributed by atoms with Gasteiger partial charge in [0, 0.05) is 12.2 Å². The van der Waals surface area contributed by atoms with Crippen LogP contribution in [0, 0.1) is 0 Å². The molecule has 0 spiro atoms. The monoisotopic (exact) mass is 280 g/mol. The molecule has 6 heteroatoms. The molecule has 0 bridgehead atoms. The molecule has 0 aliphatic heterocycles. The summed E-state index contributed by atoms with van der Waals surface area (Å²) in [6.07, 6.45) is 1.90. The van der Waals surface area contributed by atoms with Gasteiger partial charge in [-0.3, -0.25) is 4.79 Å². The van der Waals surface area contributed by atoms with Gasteiger partial charge in [0.15, 0.2) is 13.2 Å². The quantitative estimate of drug-likeness (QED) is 0.423. The number of carbonyl (C=O) groups is 2. The summed E-state index contributed by atoms with van der Waals surface area (Å²) in [5.74, 6) is -0.379. The average Bonchev–Trinajstić information content (AvgIpc) is 2.45. The van der Waals surface area contributed by atoms with Crippen molar-refractivity contribution in [3.63, 3.8) is 0 Å². The molecular weight excluding hydrogens is 260 g/mol. The highest BCUT2D eigenvalue weighted by molar-refractivity contribution is 5.80. The van der Waals surface area contributed by atoms with Gasteiger partial charge in [-0.25, -0.2) is 4.79 Å². The summed E-state index contributed by atoms with van der Waals surface area (Å²) in [6, 6.07) is 6.64. The topological polar surface area (TPSA) is 90.6 Å². The van der Waals surface area contributed by atoms with Crippen molar-refractivity contribution in [3.8, 4) is 5.75 Å². The summed E-state index contributed by atoms with van der Waals surface area (Å²) in [4.78, 5) is 22.7. The van der Waals surface area contributed by atoms with Crippen LogP contribution in [0.3, 0.4) is 0 Å². The van der Waals surface area contributed by atoms with Crippen LogP contribution in [0.15, 0.2) is 24.3 Å². The van der Waals surface area contributed by atoms with Gasteiger partial charge in [-0.1, -0.05) is 13.3 Å². The maximum Gasteiger partial charge on any atom is 0.344 e. The van der Waals surface area contributed by atoms with E-state index in [1.807, 2.05) is 6.92 Å². The third-order valence-corrected chi connectivity index (χ3v) is 2.45. The Hall–Kier alpha value is -2.24. The lowest BCUT2D eigenvalue weighted by Crippen LogP contribution is -2.30. The van der Waals surface area contributed by atoms with Crippen molar-refractivity contribution in [2.45, 2.75) is 19.8 Å². The first kappa shape index (κ1) is 15.8. The minimum absolute atomic E-state index is 0.244. The van der Waals surface area contributed by atoms with Gasteiger partial charge in [0.1, 0.15) is 5.75 Å². The zero-order valence-electron chi connectivity index (χ0n) is 11.6. The van der Waals surface area contributed by atoms with Crippen LogP contribution in [0.2, 0.25) is 0 Å². The lowest BCUT2D eigenvalue weighted by Gasteiger charge is -2.07. The fourth-order valence-corrected chi connectivity index (χ4v) is 1.35. The van der Waals surface area contributed by atoms with E-state index >= 15 is 0 Å². The Kier molecular flexibility index (Phi) is 6.95. The van der Waals surface area contributed by atoms with Gasteiger partial charge in [-0.15, -0.1) is 0 Å². The minimum atomic E-state index is -0.590. The summed E-state index contributed by atoms with van der Waals surface area (Å²) in [5, 5.41) is 2.65. The molecule has 1 rings (SSSR count). The van der Waals surface area contributed by atoms with Gasteiger partial charge in [0.05, 0.1) is 0 Å². The highest BCUT2D eigenvalue weighted by atomic mass is 16.6. The van der Waals surface area contributed by atoms with Gasteiger partial charge >= 0.3 is 5.97 Å². The molecule has 6 nitrogen and oxygen atoms in total. The van der Waals surface area contributed by atoms with E-state index in [1.165, 1.54) is 0 Å². The molecule has 0 radical (unpaired) electrons. The molecular formula is C14H20N2O4. The first-order valence-electron chi connectivity index (χ1n) is 6.52. The van der Waals surface area contributed by atoms with Crippen molar-refractivity contribution in [1.82, 2.24) is 5.32 Å². The first-order valence-corrected chi connectivity index (χ1v) is 6.52. The largest absolute Gasteiger partial charge is 0.482 e. The van der Waals surface area contributed by atoms with Crippen LogP contribution in [0.4, 0.5) is 5.69 Å². The molecule has 0 heterocycles. The van der Waals surface area contributed by atoms with E-state index < -0.39 is 5.97 Å². The van der Waals surface area contributed by atoms with E-state index in [2.05, 4.69) is 5.32 Å². The van der Waals surface area contributed by atoms with Crippen LogP contribution in [-0.4, -0.2) is 31.6 Å². The smallest absolute Gasteiger partial charge is 0.344 e. The van der Waals surface area contributed by atoms with E-state index in [-0.39, 0.29) is 19.1 Å². The number of hydrogen-bond acceptors (Lipinski definition) is 5. The Morgan fingerprint density at radius 3 is 2.55 bits per heavy atom. The van der Waals surface area contributed by atoms with Crippen molar-refractivity contribution in [2.24, 2.45) is 0 Å². The Morgan fingerprint density at radius 1 is 1.20 bits per heavy atom. The molecule has 110 valence electrons. The van der Waals surface area contributed by atoms with Crippen LogP contribution in [0.25, 0.3) is 0 Å². The number of esters is 1. The van der Waals surface area contributed by atoms with Crippen LogP contribution in [0.1, 0.15) is 19.8 Å². The molecule has 20 heavy (non-hydrogen) atoms. The summed E-state index contributed by atoms with van der Waals surface area (Å²) in [7, 11) is 0. The van der Waals surface area contributed by atoms with Crippen molar-refractivity contribution in [3.05, 3.63) is 24.3 Å². The summed E-state index contributed by atoms with van der Waals surface area (Å²) < 4.78 is 9.97. The molecule has 3 N–H and O–H groups in total. The fourth-order valence-electron chi connectivity index (χ4n) is 1.35. The lowest BCUT2D eigenvalue weighted by atomic mass is 10.3. The fraction of sp³-hybridized carbons (Fsp3) is 0.429. The number of nitrogens with one attached hydrogen (secondary N) is 1. The van der Waals surface area contributed by atoms with E-state index in [0.717, 1.165) is 12.8 Å². The van der Waals surface area contributed by atoms with Crippen molar-refractivity contribution in [2.75, 3.05) is 25.5 Å². The van der Waals surface area contributed by atoms with E-state index in [0.29, 0.717) is 18.0 Å². The number of unbranched alkanes of at least 4 members (excludes halogenated alkanes) is 1. The van der Waals surface area contributed by atoms with Crippen LogP contribution >= 0.6 is 0 Å². The SMILES string of the molecule is CCCCNC(=O)COC(=O)COc1ccc(N)cc1. The Morgan fingerprint density at radius 2 is 1.90 bits per heavy atom. The minimum Gasteiger partial charge on any atom is -0.482 e. The Labute approximate surface area is 118 Å². The molecule has 0 aliphatic carbocycles. The number of nitrogens with two attached hydrogens (primary N) is 1. The zero-order chi connectivity index (χ0) is 14.8. The maximum atomic E-state index is 11.4. The Bertz CT molecular complexity index is 431.